The average Bonchev–Trinajstić information content (AvgIpc) is 3.27. The zero-order valence-electron chi connectivity index (χ0n) is 14.2. The summed E-state index contributed by atoms with van der Waals surface area (Å²) in [6.45, 7) is 1.76. The fourth-order valence-corrected chi connectivity index (χ4v) is 5.08. The first-order valence-electron chi connectivity index (χ1n) is 9.30. The summed E-state index contributed by atoms with van der Waals surface area (Å²) in [6, 6.07) is 2.28. The molecule has 6 heteroatoms. The summed E-state index contributed by atoms with van der Waals surface area (Å²) < 4.78 is 1.89. The van der Waals surface area contributed by atoms with Crippen LogP contribution in [-0.2, 0) is 10.3 Å². The SMILES string of the molecule is Cl.O=C(NC1CCC2CCCC2C1)C1(n2cccn2)CCNCC1. The van der Waals surface area contributed by atoms with Crippen molar-refractivity contribution in [2.45, 2.75) is 62.9 Å². The summed E-state index contributed by atoms with van der Waals surface area (Å²) in [5, 5.41) is 11.2. The molecular weight excluding hydrogens is 324 g/mol. The summed E-state index contributed by atoms with van der Waals surface area (Å²) in [5.41, 5.74) is -0.499. The molecular formula is C18H29ClN4O. The van der Waals surface area contributed by atoms with E-state index in [0.717, 1.165) is 44.2 Å². The lowest BCUT2D eigenvalue weighted by molar-refractivity contribution is -0.133. The number of rotatable bonds is 3. The van der Waals surface area contributed by atoms with Gasteiger partial charge < -0.3 is 10.6 Å². The number of halogens is 1. The molecule has 3 fully saturated rings. The van der Waals surface area contributed by atoms with Crippen LogP contribution in [0.15, 0.2) is 18.5 Å². The lowest BCUT2D eigenvalue weighted by Crippen LogP contribution is -2.57. The summed E-state index contributed by atoms with van der Waals surface area (Å²) in [5.74, 6) is 1.97. The van der Waals surface area contributed by atoms with Gasteiger partial charge >= 0.3 is 0 Å². The van der Waals surface area contributed by atoms with Crippen LogP contribution in [-0.4, -0.2) is 34.8 Å². The minimum Gasteiger partial charge on any atom is -0.351 e. The van der Waals surface area contributed by atoms with Crippen molar-refractivity contribution in [3.63, 3.8) is 0 Å². The lowest BCUT2D eigenvalue weighted by Gasteiger charge is -2.39. The molecule has 3 unspecified atom stereocenters. The van der Waals surface area contributed by atoms with Crippen LogP contribution in [0.25, 0.3) is 0 Å². The normalized spacial score (nSPS) is 31.8. The second kappa shape index (κ2) is 7.44. The monoisotopic (exact) mass is 352 g/mol. The van der Waals surface area contributed by atoms with Crippen molar-refractivity contribution in [2.75, 3.05) is 13.1 Å². The number of hydrogen-bond acceptors (Lipinski definition) is 3. The second-order valence-corrected chi connectivity index (χ2v) is 7.67. The van der Waals surface area contributed by atoms with Crippen LogP contribution in [0.1, 0.15) is 51.4 Å². The molecule has 24 heavy (non-hydrogen) atoms. The van der Waals surface area contributed by atoms with Crippen LogP contribution >= 0.6 is 12.4 Å². The van der Waals surface area contributed by atoms with E-state index in [1.54, 1.807) is 6.20 Å². The Morgan fingerprint density at radius 2 is 1.96 bits per heavy atom. The Kier molecular flexibility index (Phi) is 5.50. The summed E-state index contributed by atoms with van der Waals surface area (Å²) in [7, 11) is 0. The Morgan fingerprint density at radius 1 is 1.17 bits per heavy atom. The van der Waals surface area contributed by atoms with Gasteiger partial charge in [-0.2, -0.15) is 5.10 Å². The second-order valence-electron chi connectivity index (χ2n) is 7.67. The van der Waals surface area contributed by atoms with E-state index < -0.39 is 5.54 Å². The van der Waals surface area contributed by atoms with Crippen LogP contribution in [0, 0.1) is 11.8 Å². The minimum atomic E-state index is -0.499. The first kappa shape index (κ1) is 17.7. The van der Waals surface area contributed by atoms with Gasteiger partial charge in [0.2, 0.25) is 5.91 Å². The smallest absolute Gasteiger partial charge is 0.248 e. The highest BCUT2D eigenvalue weighted by Gasteiger charge is 2.43. The summed E-state index contributed by atoms with van der Waals surface area (Å²) in [6.07, 6.45) is 13.2. The number of nitrogens with one attached hydrogen (secondary N) is 2. The van der Waals surface area contributed by atoms with Crippen LogP contribution in [0.4, 0.5) is 0 Å². The van der Waals surface area contributed by atoms with Gasteiger partial charge in [-0.15, -0.1) is 12.4 Å². The van der Waals surface area contributed by atoms with E-state index in [-0.39, 0.29) is 18.3 Å². The molecule has 0 radical (unpaired) electrons. The van der Waals surface area contributed by atoms with Gasteiger partial charge in [0.15, 0.2) is 0 Å². The topological polar surface area (TPSA) is 59.0 Å². The third-order valence-corrected chi connectivity index (χ3v) is 6.42. The van der Waals surface area contributed by atoms with Crippen molar-refractivity contribution in [1.82, 2.24) is 20.4 Å². The van der Waals surface area contributed by atoms with Crippen molar-refractivity contribution in [1.29, 1.82) is 0 Å². The summed E-state index contributed by atoms with van der Waals surface area (Å²) >= 11 is 0. The van der Waals surface area contributed by atoms with E-state index >= 15 is 0 Å². The number of carbonyl (C=O) groups excluding carboxylic acids is 1. The lowest BCUT2D eigenvalue weighted by atomic mass is 9.78. The van der Waals surface area contributed by atoms with Crippen molar-refractivity contribution in [2.24, 2.45) is 11.8 Å². The van der Waals surface area contributed by atoms with Crippen LogP contribution in [0.2, 0.25) is 0 Å². The molecule has 2 saturated carbocycles. The molecule has 1 aromatic rings. The fourth-order valence-electron chi connectivity index (χ4n) is 5.08. The predicted molar refractivity (Wildman–Crippen MR) is 96.2 cm³/mol. The number of carbonyl (C=O) groups is 1. The molecule has 4 rings (SSSR count). The first-order chi connectivity index (χ1) is 11.3. The largest absolute Gasteiger partial charge is 0.351 e. The van der Waals surface area contributed by atoms with Gasteiger partial charge in [-0.05, 0) is 63.1 Å². The zero-order chi connectivity index (χ0) is 15.7. The highest BCUT2D eigenvalue weighted by atomic mass is 35.5. The maximum atomic E-state index is 13.2. The highest BCUT2D eigenvalue weighted by Crippen LogP contribution is 2.42. The standard InChI is InChI=1S/C18H28N4O.ClH/c23-17(21-16-6-5-14-3-1-4-15(14)13-16)18(7-10-19-11-8-18)22-12-2-9-20-22;/h2,9,12,14-16,19H,1,3-8,10-11,13H2,(H,21,23);1H. The zero-order valence-corrected chi connectivity index (χ0v) is 15.1. The Labute approximate surface area is 150 Å². The van der Waals surface area contributed by atoms with E-state index in [9.17, 15) is 4.79 Å². The third kappa shape index (κ3) is 3.21. The maximum Gasteiger partial charge on any atom is 0.248 e. The van der Waals surface area contributed by atoms with E-state index in [2.05, 4.69) is 15.7 Å². The highest BCUT2D eigenvalue weighted by molar-refractivity contribution is 5.85. The predicted octanol–water partition coefficient (Wildman–Crippen LogP) is 2.47. The van der Waals surface area contributed by atoms with E-state index in [1.165, 1.54) is 32.1 Å². The van der Waals surface area contributed by atoms with Crippen molar-refractivity contribution in [3.05, 3.63) is 18.5 Å². The minimum absolute atomic E-state index is 0. The number of amides is 1. The molecule has 1 amide bonds. The fraction of sp³-hybridized carbons (Fsp3) is 0.778. The maximum absolute atomic E-state index is 13.2. The Morgan fingerprint density at radius 3 is 2.71 bits per heavy atom. The summed E-state index contributed by atoms with van der Waals surface area (Å²) in [4.78, 5) is 13.2. The molecule has 2 aliphatic carbocycles. The molecule has 2 heterocycles. The van der Waals surface area contributed by atoms with Crippen molar-refractivity contribution in [3.8, 4) is 0 Å². The molecule has 1 aromatic heterocycles. The van der Waals surface area contributed by atoms with Crippen molar-refractivity contribution < 1.29 is 4.79 Å². The van der Waals surface area contributed by atoms with Gasteiger partial charge in [0.05, 0.1) is 0 Å². The molecule has 1 saturated heterocycles. The van der Waals surface area contributed by atoms with Crippen LogP contribution in [0.5, 0.6) is 0 Å². The average molecular weight is 353 g/mol. The molecule has 2 N–H and O–H groups in total. The number of piperidine rings is 1. The van der Waals surface area contributed by atoms with Gasteiger partial charge in [-0.3, -0.25) is 9.48 Å². The molecule has 3 aliphatic rings. The number of hydrogen-bond donors (Lipinski definition) is 2. The molecule has 0 bridgehead atoms. The van der Waals surface area contributed by atoms with Gasteiger partial charge in [0.1, 0.15) is 5.54 Å². The number of fused-ring (bicyclic) bond motifs is 1. The molecule has 1 aliphatic heterocycles. The van der Waals surface area contributed by atoms with Gasteiger partial charge in [0, 0.05) is 18.4 Å². The quantitative estimate of drug-likeness (QED) is 0.878. The molecule has 134 valence electrons. The molecule has 3 atom stereocenters. The Hall–Kier alpha value is -1.07. The molecule has 0 spiro atoms. The Balaban J connectivity index is 0.00000169. The first-order valence-corrected chi connectivity index (χ1v) is 9.30. The third-order valence-electron chi connectivity index (χ3n) is 6.42. The Bertz CT molecular complexity index is 541. The number of nitrogens with zero attached hydrogens (tertiary/aromatic N) is 2. The van der Waals surface area contributed by atoms with Gasteiger partial charge in [-0.25, -0.2) is 0 Å². The molecule has 0 aromatic carbocycles. The van der Waals surface area contributed by atoms with Crippen LogP contribution < -0.4 is 10.6 Å². The van der Waals surface area contributed by atoms with Crippen LogP contribution in [0.3, 0.4) is 0 Å². The van der Waals surface area contributed by atoms with Crippen molar-refractivity contribution >= 4 is 18.3 Å². The molecule has 5 nitrogen and oxygen atoms in total. The van der Waals surface area contributed by atoms with E-state index in [4.69, 9.17) is 0 Å². The number of aromatic nitrogens is 2. The van der Waals surface area contributed by atoms with Gasteiger partial charge in [-0.1, -0.05) is 19.3 Å². The van der Waals surface area contributed by atoms with E-state index in [1.807, 2.05) is 16.9 Å². The van der Waals surface area contributed by atoms with E-state index in [0.29, 0.717) is 6.04 Å². The van der Waals surface area contributed by atoms with Gasteiger partial charge in [0.25, 0.3) is 0 Å².